The molecule has 10 nitrogen and oxygen atoms in total. The molecule has 4 rings (SSSR count). The summed E-state index contributed by atoms with van der Waals surface area (Å²) in [6.07, 6.45) is 0.643. The lowest BCUT2D eigenvalue weighted by Gasteiger charge is -2.43. The van der Waals surface area contributed by atoms with Gasteiger partial charge in [0.25, 0.3) is 5.91 Å². The molecule has 10 heteroatoms. The van der Waals surface area contributed by atoms with E-state index in [9.17, 15) is 24.3 Å². The summed E-state index contributed by atoms with van der Waals surface area (Å²) in [6, 6.07) is 16.4. The number of nitrogens with one attached hydrogen (secondary N) is 2. The number of carbonyl (C=O) groups is 4. The zero-order chi connectivity index (χ0) is 29.7. The standard InChI is InChI=1S/C31H36N4O6/c1-31(2,3)41-30(40)34-24(18-26(32)37)29(39)35(22-11-8-12-22)27(23-13-6-7-14-25(23)36)28(38)33-21-16-15-19-9-4-5-10-20(19)17-21/h4-7,9-10,13-17,22,24,27,36H,8,11-12,18H2,1-3H3,(H2,32,37)(H,33,38)(H,34,40). The molecule has 0 aliphatic heterocycles. The van der Waals surface area contributed by atoms with E-state index in [1.54, 1.807) is 45.0 Å². The molecular formula is C31H36N4O6. The van der Waals surface area contributed by atoms with E-state index < -0.39 is 47.9 Å². The van der Waals surface area contributed by atoms with Crippen LogP contribution in [0.3, 0.4) is 0 Å². The average molecular weight is 561 g/mol. The average Bonchev–Trinajstić information content (AvgIpc) is 2.86. The number of carbonyl (C=O) groups excluding carboxylic acids is 4. The minimum atomic E-state index is -1.38. The van der Waals surface area contributed by atoms with E-state index in [-0.39, 0.29) is 17.4 Å². The second kappa shape index (κ2) is 12.3. The summed E-state index contributed by atoms with van der Waals surface area (Å²) in [6.45, 7) is 5.01. The lowest BCUT2D eigenvalue weighted by Crippen LogP contribution is -2.57. The van der Waals surface area contributed by atoms with Crippen LogP contribution in [-0.2, 0) is 19.1 Å². The molecule has 0 saturated heterocycles. The third kappa shape index (κ3) is 7.33. The number of fused-ring (bicyclic) bond motifs is 1. The van der Waals surface area contributed by atoms with Crippen molar-refractivity contribution in [3.63, 3.8) is 0 Å². The number of anilines is 1. The van der Waals surface area contributed by atoms with E-state index >= 15 is 0 Å². The van der Waals surface area contributed by atoms with Crippen molar-refractivity contribution < 1.29 is 29.0 Å². The SMILES string of the molecule is CC(C)(C)OC(=O)NC(CC(N)=O)C(=O)N(C1CCC1)C(C(=O)Nc1ccc2ccccc2c1)c1ccccc1O. The zero-order valence-corrected chi connectivity index (χ0v) is 23.4. The molecule has 1 aliphatic carbocycles. The van der Waals surface area contributed by atoms with E-state index in [2.05, 4.69) is 10.6 Å². The maximum atomic E-state index is 14.2. The monoisotopic (exact) mass is 560 g/mol. The fourth-order valence-corrected chi connectivity index (χ4v) is 4.83. The molecule has 2 atom stereocenters. The van der Waals surface area contributed by atoms with E-state index in [0.717, 1.165) is 17.2 Å². The molecule has 3 aromatic rings. The first-order valence-electron chi connectivity index (χ1n) is 13.6. The molecule has 216 valence electrons. The van der Waals surface area contributed by atoms with Crippen molar-refractivity contribution in [3.8, 4) is 5.75 Å². The first-order valence-corrected chi connectivity index (χ1v) is 13.6. The summed E-state index contributed by atoms with van der Waals surface area (Å²) in [4.78, 5) is 54.2. The van der Waals surface area contributed by atoms with Crippen molar-refractivity contribution in [1.29, 1.82) is 0 Å². The Balaban J connectivity index is 1.73. The third-order valence-electron chi connectivity index (χ3n) is 6.89. The normalized spacial score (nSPS) is 14.8. The highest BCUT2D eigenvalue weighted by Crippen LogP contribution is 2.37. The van der Waals surface area contributed by atoms with Crippen LogP contribution in [0.4, 0.5) is 10.5 Å². The van der Waals surface area contributed by atoms with Crippen LogP contribution >= 0.6 is 0 Å². The van der Waals surface area contributed by atoms with E-state index in [0.29, 0.717) is 18.5 Å². The summed E-state index contributed by atoms with van der Waals surface area (Å²) in [5.41, 5.74) is 5.32. The Hall–Kier alpha value is -4.60. The Morgan fingerprint density at radius 3 is 2.27 bits per heavy atom. The first kappa shape index (κ1) is 29.4. The molecule has 1 fully saturated rings. The van der Waals surface area contributed by atoms with Gasteiger partial charge in [0.15, 0.2) is 0 Å². The molecule has 0 aromatic heterocycles. The highest BCUT2D eigenvalue weighted by atomic mass is 16.6. The lowest BCUT2D eigenvalue weighted by molar-refractivity contribution is -0.146. The van der Waals surface area contributed by atoms with E-state index in [1.165, 1.54) is 11.0 Å². The van der Waals surface area contributed by atoms with Gasteiger partial charge in [-0.05, 0) is 69.0 Å². The number of nitrogens with two attached hydrogens (primary N) is 1. The highest BCUT2D eigenvalue weighted by molar-refractivity contribution is 6.01. The summed E-state index contributed by atoms with van der Waals surface area (Å²) in [5.74, 6) is -2.22. The highest BCUT2D eigenvalue weighted by Gasteiger charge is 2.43. The largest absolute Gasteiger partial charge is 0.508 e. The molecule has 4 amide bonds. The molecule has 3 aromatic carbocycles. The van der Waals surface area contributed by atoms with Crippen molar-refractivity contribution in [3.05, 3.63) is 72.3 Å². The van der Waals surface area contributed by atoms with Gasteiger partial charge in [0.05, 0.1) is 6.42 Å². The number of phenolic OH excluding ortho intramolecular Hbond substituents is 1. The van der Waals surface area contributed by atoms with Crippen molar-refractivity contribution in [2.24, 2.45) is 5.73 Å². The lowest BCUT2D eigenvalue weighted by atomic mass is 9.87. The van der Waals surface area contributed by atoms with Crippen LogP contribution in [0.2, 0.25) is 0 Å². The third-order valence-corrected chi connectivity index (χ3v) is 6.89. The van der Waals surface area contributed by atoms with Crippen LogP contribution in [0, 0.1) is 0 Å². The Morgan fingerprint density at radius 2 is 1.66 bits per heavy atom. The number of benzene rings is 3. The summed E-state index contributed by atoms with van der Waals surface area (Å²) >= 11 is 0. The smallest absolute Gasteiger partial charge is 0.408 e. The number of rotatable bonds is 9. The van der Waals surface area contributed by atoms with Crippen molar-refractivity contribution >= 4 is 40.3 Å². The Bertz CT molecular complexity index is 1450. The molecule has 1 aliphatic rings. The van der Waals surface area contributed by atoms with Crippen LogP contribution in [0.25, 0.3) is 10.8 Å². The maximum Gasteiger partial charge on any atom is 0.408 e. The topological polar surface area (TPSA) is 151 Å². The number of para-hydroxylation sites is 1. The number of hydrogen-bond donors (Lipinski definition) is 4. The van der Waals surface area contributed by atoms with Gasteiger partial charge in [-0.2, -0.15) is 0 Å². The predicted molar refractivity (Wildman–Crippen MR) is 155 cm³/mol. The number of primary amides is 1. The van der Waals surface area contributed by atoms with Gasteiger partial charge in [-0.15, -0.1) is 0 Å². The fraction of sp³-hybridized carbons (Fsp3) is 0.355. The van der Waals surface area contributed by atoms with Gasteiger partial charge in [-0.25, -0.2) is 4.79 Å². The van der Waals surface area contributed by atoms with Crippen molar-refractivity contribution in [2.75, 3.05) is 5.32 Å². The zero-order valence-electron chi connectivity index (χ0n) is 23.4. The Kier molecular flexibility index (Phi) is 8.80. The van der Waals surface area contributed by atoms with Crippen LogP contribution in [0.15, 0.2) is 66.7 Å². The summed E-state index contributed by atoms with van der Waals surface area (Å²) < 4.78 is 5.31. The molecule has 0 radical (unpaired) electrons. The molecule has 5 N–H and O–H groups in total. The number of phenols is 1. The second-order valence-corrected chi connectivity index (χ2v) is 11.2. The minimum Gasteiger partial charge on any atom is -0.508 e. The number of aromatic hydroxyl groups is 1. The van der Waals surface area contributed by atoms with Crippen LogP contribution in [-0.4, -0.2) is 51.5 Å². The predicted octanol–water partition coefficient (Wildman–Crippen LogP) is 4.38. The molecule has 41 heavy (non-hydrogen) atoms. The number of ether oxygens (including phenoxy) is 1. The van der Waals surface area contributed by atoms with Crippen molar-refractivity contribution in [1.82, 2.24) is 10.2 Å². The molecule has 2 unspecified atom stereocenters. The second-order valence-electron chi connectivity index (χ2n) is 11.2. The number of hydrogen-bond acceptors (Lipinski definition) is 6. The van der Waals surface area contributed by atoms with Gasteiger partial charge < -0.3 is 31.1 Å². The van der Waals surface area contributed by atoms with Gasteiger partial charge in [0.2, 0.25) is 11.8 Å². The van der Waals surface area contributed by atoms with Gasteiger partial charge in [0.1, 0.15) is 23.4 Å². The number of nitrogens with zero attached hydrogens (tertiary/aromatic N) is 1. The molecule has 1 saturated carbocycles. The van der Waals surface area contributed by atoms with Gasteiger partial charge in [0, 0.05) is 17.3 Å². The summed E-state index contributed by atoms with van der Waals surface area (Å²) in [7, 11) is 0. The van der Waals surface area contributed by atoms with Gasteiger partial charge >= 0.3 is 6.09 Å². The molecule has 0 bridgehead atoms. The molecule has 0 spiro atoms. The minimum absolute atomic E-state index is 0.171. The van der Waals surface area contributed by atoms with Gasteiger partial charge in [-0.1, -0.05) is 48.5 Å². The Morgan fingerprint density at radius 1 is 1.00 bits per heavy atom. The van der Waals surface area contributed by atoms with Crippen molar-refractivity contribution in [2.45, 2.75) is 70.2 Å². The first-order chi connectivity index (χ1) is 19.4. The number of alkyl carbamates (subject to hydrolysis) is 1. The van der Waals surface area contributed by atoms with E-state index in [1.807, 2.05) is 36.4 Å². The van der Waals surface area contributed by atoms with Crippen LogP contribution in [0.5, 0.6) is 5.75 Å². The maximum absolute atomic E-state index is 14.2. The quantitative estimate of drug-likeness (QED) is 0.305. The number of amides is 4. The van der Waals surface area contributed by atoms with Crippen LogP contribution < -0.4 is 16.4 Å². The van der Waals surface area contributed by atoms with E-state index in [4.69, 9.17) is 10.5 Å². The molecule has 0 heterocycles. The molecular weight excluding hydrogens is 524 g/mol. The van der Waals surface area contributed by atoms with Gasteiger partial charge in [-0.3, -0.25) is 14.4 Å². The fourth-order valence-electron chi connectivity index (χ4n) is 4.83. The van der Waals surface area contributed by atoms with Crippen LogP contribution in [0.1, 0.15) is 58.1 Å². The Labute approximate surface area is 238 Å². The summed E-state index contributed by atoms with van der Waals surface area (Å²) in [5, 5.41) is 18.1.